The molecular formula is C20H21ClN2O. The Hall–Kier alpha value is -1.97. The lowest BCUT2D eigenvalue weighted by Gasteiger charge is -2.29. The van der Waals surface area contributed by atoms with Crippen LogP contribution in [0.1, 0.15) is 30.0 Å². The third kappa shape index (κ3) is 2.68. The lowest BCUT2D eigenvalue weighted by molar-refractivity contribution is 0.275. The number of H-pyrrole nitrogens is 1. The second-order valence-electron chi connectivity index (χ2n) is 6.32. The molecule has 2 aromatic carbocycles. The fraction of sp³-hybridized carbons (Fsp3) is 0.300. The van der Waals surface area contributed by atoms with Crippen LogP contribution in [0.25, 0.3) is 10.9 Å². The minimum Gasteiger partial charge on any atom is -0.496 e. The second-order valence-corrected chi connectivity index (χ2v) is 6.76. The van der Waals surface area contributed by atoms with Gasteiger partial charge in [0.25, 0.3) is 0 Å². The van der Waals surface area contributed by atoms with Crippen molar-refractivity contribution in [1.82, 2.24) is 9.88 Å². The van der Waals surface area contributed by atoms with Crippen LogP contribution in [0.2, 0.25) is 5.02 Å². The van der Waals surface area contributed by atoms with E-state index >= 15 is 0 Å². The van der Waals surface area contributed by atoms with E-state index in [0.29, 0.717) is 0 Å². The molecule has 1 aliphatic heterocycles. The van der Waals surface area contributed by atoms with Crippen molar-refractivity contribution in [1.29, 1.82) is 0 Å². The molecule has 4 heteroatoms. The zero-order chi connectivity index (χ0) is 16.5. The summed E-state index contributed by atoms with van der Waals surface area (Å²) in [6.45, 7) is 2.23. The van der Waals surface area contributed by atoms with E-state index in [1.165, 1.54) is 29.4 Å². The molecule has 3 aromatic rings. The third-order valence-corrected chi connectivity index (χ3v) is 5.14. The maximum atomic E-state index is 6.15. The van der Waals surface area contributed by atoms with Gasteiger partial charge in [0.1, 0.15) is 5.75 Å². The van der Waals surface area contributed by atoms with Crippen molar-refractivity contribution in [3.8, 4) is 5.75 Å². The smallest absolute Gasteiger partial charge is 0.123 e. The van der Waals surface area contributed by atoms with Crippen molar-refractivity contribution in [3.63, 3.8) is 0 Å². The van der Waals surface area contributed by atoms with E-state index in [4.69, 9.17) is 16.3 Å². The van der Waals surface area contributed by atoms with Crippen LogP contribution in [-0.2, 0) is 0 Å². The molecule has 1 saturated heterocycles. The number of aromatic amines is 1. The highest BCUT2D eigenvalue weighted by atomic mass is 35.5. The molecule has 1 aromatic heterocycles. The van der Waals surface area contributed by atoms with Gasteiger partial charge in [-0.2, -0.15) is 0 Å². The third-order valence-electron chi connectivity index (χ3n) is 4.91. The van der Waals surface area contributed by atoms with Crippen molar-refractivity contribution < 1.29 is 4.74 Å². The molecular weight excluding hydrogens is 320 g/mol. The van der Waals surface area contributed by atoms with Gasteiger partial charge in [-0.15, -0.1) is 0 Å². The highest BCUT2D eigenvalue weighted by Crippen LogP contribution is 2.39. The normalized spacial score (nSPS) is 16.6. The molecule has 0 spiro atoms. The summed E-state index contributed by atoms with van der Waals surface area (Å²) in [6.07, 6.45) is 4.62. The first-order valence-electron chi connectivity index (χ1n) is 8.41. The number of hydrogen-bond acceptors (Lipinski definition) is 2. The van der Waals surface area contributed by atoms with Crippen LogP contribution in [0.4, 0.5) is 0 Å². The number of methoxy groups -OCH3 is 1. The maximum Gasteiger partial charge on any atom is 0.123 e. The average molecular weight is 341 g/mol. The van der Waals surface area contributed by atoms with Crippen LogP contribution in [0.3, 0.4) is 0 Å². The predicted molar refractivity (Wildman–Crippen MR) is 99.0 cm³/mol. The Bertz CT molecular complexity index is 852. The van der Waals surface area contributed by atoms with Gasteiger partial charge in [0.15, 0.2) is 0 Å². The molecule has 1 fully saturated rings. The van der Waals surface area contributed by atoms with Gasteiger partial charge in [0, 0.05) is 27.7 Å². The van der Waals surface area contributed by atoms with Gasteiger partial charge in [-0.25, -0.2) is 0 Å². The fourth-order valence-electron chi connectivity index (χ4n) is 3.80. The highest BCUT2D eigenvalue weighted by molar-refractivity contribution is 6.31. The van der Waals surface area contributed by atoms with Crippen molar-refractivity contribution in [2.24, 2.45) is 0 Å². The van der Waals surface area contributed by atoms with Gasteiger partial charge in [0.05, 0.1) is 13.2 Å². The van der Waals surface area contributed by atoms with Crippen molar-refractivity contribution in [2.75, 3.05) is 20.2 Å². The largest absolute Gasteiger partial charge is 0.496 e. The number of ether oxygens (including phenoxy) is 1. The molecule has 1 N–H and O–H groups in total. The van der Waals surface area contributed by atoms with Crippen LogP contribution < -0.4 is 4.74 Å². The number of aromatic nitrogens is 1. The summed E-state index contributed by atoms with van der Waals surface area (Å²) in [6, 6.07) is 14.6. The van der Waals surface area contributed by atoms with Gasteiger partial charge < -0.3 is 9.72 Å². The summed E-state index contributed by atoms with van der Waals surface area (Å²) in [7, 11) is 1.74. The number of nitrogens with one attached hydrogen (secondary N) is 1. The van der Waals surface area contributed by atoms with Crippen molar-refractivity contribution in [2.45, 2.75) is 18.9 Å². The van der Waals surface area contributed by atoms with Crippen LogP contribution in [0.5, 0.6) is 5.75 Å². The summed E-state index contributed by atoms with van der Waals surface area (Å²) in [5.74, 6) is 0.942. The molecule has 0 aliphatic carbocycles. The first-order valence-corrected chi connectivity index (χ1v) is 8.79. The summed E-state index contributed by atoms with van der Waals surface area (Å²) < 4.78 is 5.66. The minimum atomic E-state index is 0.193. The Morgan fingerprint density at radius 1 is 1.08 bits per heavy atom. The summed E-state index contributed by atoms with van der Waals surface area (Å²) >= 11 is 6.15. The van der Waals surface area contributed by atoms with Gasteiger partial charge in [0.2, 0.25) is 0 Å². The molecule has 124 valence electrons. The monoisotopic (exact) mass is 340 g/mol. The number of likely N-dealkylation sites (tertiary alicyclic amines) is 1. The SMILES string of the molecule is COc1ccccc1C(c1c[nH]c2cc(Cl)ccc12)N1CCCC1. The Morgan fingerprint density at radius 3 is 2.67 bits per heavy atom. The zero-order valence-electron chi connectivity index (χ0n) is 13.8. The van der Waals surface area contributed by atoms with Gasteiger partial charge >= 0.3 is 0 Å². The molecule has 2 heterocycles. The molecule has 0 bridgehead atoms. The number of hydrogen-bond donors (Lipinski definition) is 1. The topological polar surface area (TPSA) is 28.3 Å². The lowest BCUT2D eigenvalue weighted by Crippen LogP contribution is -2.26. The summed E-state index contributed by atoms with van der Waals surface area (Å²) in [4.78, 5) is 5.94. The Morgan fingerprint density at radius 2 is 1.88 bits per heavy atom. The van der Waals surface area contributed by atoms with Crippen molar-refractivity contribution in [3.05, 3.63) is 64.8 Å². The van der Waals surface area contributed by atoms with Crippen LogP contribution >= 0.6 is 11.6 Å². The molecule has 1 unspecified atom stereocenters. The van der Waals surface area contributed by atoms with Gasteiger partial charge in [-0.1, -0.05) is 35.9 Å². The van der Waals surface area contributed by atoms with E-state index in [1.807, 2.05) is 24.3 Å². The van der Waals surface area contributed by atoms with Crippen LogP contribution in [0.15, 0.2) is 48.7 Å². The zero-order valence-corrected chi connectivity index (χ0v) is 14.5. The molecule has 0 radical (unpaired) electrons. The first-order chi connectivity index (χ1) is 11.8. The number of nitrogens with zero attached hydrogens (tertiary/aromatic N) is 1. The first kappa shape index (κ1) is 15.6. The fourth-order valence-corrected chi connectivity index (χ4v) is 3.97. The van der Waals surface area contributed by atoms with E-state index in [2.05, 4.69) is 34.3 Å². The Labute approximate surface area is 147 Å². The summed E-state index contributed by atoms with van der Waals surface area (Å²) in [5, 5.41) is 1.98. The summed E-state index contributed by atoms with van der Waals surface area (Å²) in [5.41, 5.74) is 3.59. The standard InChI is InChI=1S/C20H21ClN2O/c1-24-19-7-3-2-6-16(19)20(23-10-4-5-11-23)17-13-22-18-12-14(21)8-9-15(17)18/h2-3,6-9,12-13,20,22H,4-5,10-11H2,1H3. The Balaban J connectivity index is 1.89. The van der Waals surface area contributed by atoms with Gasteiger partial charge in [-0.05, 0) is 49.7 Å². The van der Waals surface area contributed by atoms with Crippen LogP contribution in [0, 0.1) is 0 Å². The second kappa shape index (κ2) is 6.50. The number of halogens is 1. The van der Waals surface area contributed by atoms with E-state index in [0.717, 1.165) is 29.4 Å². The molecule has 24 heavy (non-hydrogen) atoms. The molecule has 0 amide bonds. The molecule has 1 atom stereocenters. The van der Waals surface area contributed by atoms with Crippen molar-refractivity contribution >= 4 is 22.5 Å². The lowest BCUT2D eigenvalue weighted by atomic mass is 9.96. The Kier molecular flexibility index (Phi) is 4.21. The quantitative estimate of drug-likeness (QED) is 0.722. The van der Waals surface area contributed by atoms with Crippen LogP contribution in [-0.4, -0.2) is 30.1 Å². The van der Waals surface area contributed by atoms with E-state index in [1.54, 1.807) is 7.11 Å². The van der Waals surface area contributed by atoms with E-state index < -0.39 is 0 Å². The molecule has 4 rings (SSSR count). The number of benzene rings is 2. The number of rotatable bonds is 4. The minimum absolute atomic E-state index is 0.193. The molecule has 3 nitrogen and oxygen atoms in total. The predicted octanol–water partition coefficient (Wildman–Crippen LogP) is 5.02. The number of fused-ring (bicyclic) bond motifs is 1. The van der Waals surface area contributed by atoms with E-state index in [9.17, 15) is 0 Å². The van der Waals surface area contributed by atoms with E-state index in [-0.39, 0.29) is 6.04 Å². The van der Waals surface area contributed by atoms with Gasteiger partial charge in [-0.3, -0.25) is 4.90 Å². The molecule has 1 aliphatic rings. The maximum absolute atomic E-state index is 6.15. The average Bonchev–Trinajstić information content (AvgIpc) is 3.26. The molecule has 0 saturated carbocycles. The highest BCUT2D eigenvalue weighted by Gasteiger charge is 2.29. The number of para-hydroxylation sites is 1.